The van der Waals surface area contributed by atoms with Crippen LogP contribution in [-0.2, 0) is 11.3 Å². The molecule has 1 amide bonds. The molecule has 0 saturated carbocycles. The van der Waals surface area contributed by atoms with Crippen molar-refractivity contribution in [3.8, 4) is 11.5 Å². The lowest BCUT2D eigenvalue weighted by Crippen LogP contribution is -2.24. The lowest BCUT2D eigenvalue weighted by atomic mass is 10.2. The van der Waals surface area contributed by atoms with Crippen LogP contribution in [-0.4, -0.2) is 19.6 Å². The minimum absolute atomic E-state index is 0.117. The number of rotatable bonds is 7. The van der Waals surface area contributed by atoms with E-state index in [1.54, 1.807) is 25.3 Å². The van der Waals surface area contributed by atoms with Gasteiger partial charge in [0.1, 0.15) is 16.5 Å². The number of methoxy groups -OCH3 is 1. The molecule has 2 aromatic rings. The van der Waals surface area contributed by atoms with Gasteiger partial charge < -0.3 is 14.8 Å². The molecule has 0 atom stereocenters. The van der Waals surface area contributed by atoms with Crippen molar-refractivity contribution >= 4 is 29.1 Å². The predicted octanol–water partition coefficient (Wildman–Crippen LogP) is 4.09. The summed E-state index contributed by atoms with van der Waals surface area (Å²) in [5.74, 6) is 1.10. The molecule has 0 radical (unpaired) electrons. The first-order chi connectivity index (χ1) is 11.1. The van der Waals surface area contributed by atoms with E-state index in [-0.39, 0.29) is 18.9 Å². The molecule has 0 aliphatic rings. The van der Waals surface area contributed by atoms with E-state index in [4.69, 9.17) is 32.7 Å². The van der Waals surface area contributed by atoms with Crippen molar-refractivity contribution in [3.05, 3.63) is 58.1 Å². The number of hydrogen-bond acceptors (Lipinski definition) is 3. The van der Waals surface area contributed by atoms with Crippen LogP contribution >= 0.6 is 23.2 Å². The zero-order valence-corrected chi connectivity index (χ0v) is 14.2. The van der Waals surface area contributed by atoms with Crippen LogP contribution in [0, 0.1) is 0 Å². The number of hydrogen-bond donors (Lipinski definition) is 1. The molecule has 2 rings (SSSR count). The molecule has 0 spiro atoms. The lowest BCUT2D eigenvalue weighted by Gasteiger charge is -2.11. The third kappa shape index (κ3) is 5.05. The minimum atomic E-state index is -0.117. The van der Waals surface area contributed by atoms with E-state index in [1.165, 1.54) is 0 Å². The monoisotopic (exact) mass is 353 g/mol. The summed E-state index contributed by atoms with van der Waals surface area (Å²) in [7, 11) is 1.60. The van der Waals surface area contributed by atoms with Gasteiger partial charge >= 0.3 is 0 Å². The van der Waals surface area contributed by atoms with Crippen LogP contribution in [0.2, 0.25) is 10.0 Å². The van der Waals surface area contributed by atoms with Gasteiger partial charge in [-0.25, -0.2) is 0 Å². The van der Waals surface area contributed by atoms with Crippen molar-refractivity contribution in [3.63, 3.8) is 0 Å². The average molecular weight is 354 g/mol. The summed E-state index contributed by atoms with van der Waals surface area (Å²) < 4.78 is 10.7. The maximum atomic E-state index is 11.9. The number of carbonyl (C=O) groups excluding carboxylic acids is 1. The van der Waals surface area contributed by atoms with Gasteiger partial charge in [0.05, 0.1) is 25.2 Å². The molecule has 0 unspecified atom stereocenters. The first kappa shape index (κ1) is 17.4. The number of halogens is 2. The molecular weight excluding hydrogens is 337 g/mol. The molecule has 0 heterocycles. The highest BCUT2D eigenvalue weighted by molar-refractivity contribution is 6.42. The highest BCUT2D eigenvalue weighted by Gasteiger charge is 2.08. The van der Waals surface area contributed by atoms with Gasteiger partial charge in [0.15, 0.2) is 0 Å². The number of nitrogens with one attached hydrogen (secondary N) is 1. The molecule has 0 aliphatic carbocycles. The predicted molar refractivity (Wildman–Crippen MR) is 91.4 cm³/mol. The maximum absolute atomic E-state index is 11.9. The first-order valence-corrected chi connectivity index (χ1v) is 7.83. The molecule has 0 aliphatic heterocycles. The number of benzene rings is 2. The Balaban J connectivity index is 1.78. The van der Waals surface area contributed by atoms with Gasteiger partial charge in [0.25, 0.3) is 0 Å². The van der Waals surface area contributed by atoms with Crippen LogP contribution in [0.4, 0.5) is 0 Å². The van der Waals surface area contributed by atoms with Gasteiger partial charge in [-0.2, -0.15) is 0 Å². The Morgan fingerprint density at radius 2 is 1.83 bits per heavy atom. The topological polar surface area (TPSA) is 47.6 Å². The molecule has 6 heteroatoms. The Morgan fingerprint density at radius 3 is 2.61 bits per heavy atom. The smallest absolute Gasteiger partial charge is 0.223 e. The van der Waals surface area contributed by atoms with Crippen LogP contribution in [0.3, 0.4) is 0 Å². The standard InChI is InChI=1S/C17H17Cl2NO3/c1-22-14-7-3-2-5-12(14)11-20-16(21)9-10-23-15-8-4-6-13(18)17(15)19/h2-8H,9-11H2,1H3,(H,20,21). The van der Waals surface area contributed by atoms with Gasteiger partial charge in [0.2, 0.25) is 5.91 Å². The lowest BCUT2D eigenvalue weighted by molar-refractivity contribution is -0.121. The summed E-state index contributed by atoms with van der Waals surface area (Å²) in [6.07, 6.45) is 0.220. The fourth-order valence-electron chi connectivity index (χ4n) is 1.98. The number of para-hydroxylation sites is 1. The van der Waals surface area contributed by atoms with Crippen LogP contribution in [0.5, 0.6) is 11.5 Å². The molecule has 0 aromatic heterocycles. The van der Waals surface area contributed by atoms with Crippen molar-refractivity contribution in [2.75, 3.05) is 13.7 Å². The fraction of sp³-hybridized carbons (Fsp3) is 0.235. The van der Waals surface area contributed by atoms with E-state index in [1.807, 2.05) is 24.3 Å². The summed E-state index contributed by atoms with van der Waals surface area (Å²) in [4.78, 5) is 11.9. The Hall–Kier alpha value is -1.91. The third-order valence-electron chi connectivity index (χ3n) is 3.17. The molecule has 0 saturated heterocycles. The van der Waals surface area contributed by atoms with E-state index in [0.29, 0.717) is 22.3 Å². The Morgan fingerprint density at radius 1 is 1.09 bits per heavy atom. The van der Waals surface area contributed by atoms with Crippen LogP contribution in [0.1, 0.15) is 12.0 Å². The van der Waals surface area contributed by atoms with Crippen LogP contribution < -0.4 is 14.8 Å². The quantitative estimate of drug-likeness (QED) is 0.815. The second kappa shape index (κ2) is 8.65. The number of ether oxygens (including phenoxy) is 2. The third-order valence-corrected chi connectivity index (χ3v) is 3.97. The van der Waals surface area contributed by atoms with Gasteiger partial charge in [-0.15, -0.1) is 0 Å². The van der Waals surface area contributed by atoms with Crippen molar-refractivity contribution in [2.24, 2.45) is 0 Å². The summed E-state index contributed by atoms with van der Waals surface area (Å²) in [6, 6.07) is 12.7. The summed E-state index contributed by atoms with van der Waals surface area (Å²) in [6.45, 7) is 0.624. The highest BCUT2D eigenvalue weighted by atomic mass is 35.5. The van der Waals surface area contributed by atoms with Crippen molar-refractivity contribution in [2.45, 2.75) is 13.0 Å². The zero-order chi connectivity index (χ0) is 16.7. The van der Waals surface area contributed by atoms with E-state index >= 15 is 0 Å². The van der Waals surface area contributed by atoms with E-state index in [9.17, 15) is 4.79 Å². The first-order valence-electron chi connectivity index (χ1n) is 7.07. The van der Waals surface area contributed by atoms with Crippen LogP contribution in [0.15, 0.2) is 42.5 Å². The van der Waals surface area contributed by atoms with Crippen LogP contribution in [0.25, 0.3) is 0 Å². The molecule has 4 nitrogen and oxygen atoms in total. The summed E-state index contributed by atoms with van der Waals surface area (Å²) >= 11 is 11.9. The molecule has 0 fully saturated rings. The molecule has 122 valence electrons. The SMILES string of the molecule is COc1ccccc1CNC(=O)CCOc1cccc(Cl)c1Cl. The Kier molecular flexibility index (Phi) is 6.56. The number of amides is 1. The zero-order valence-electron chi connectivity index (χ0n) is 12.6. The normalized spacial score (nSPS) is 10.2. The van der Waals surface area contributed by atoms with Gasteiger partial charge in [-0.05, 0) is 18.2 Å². The van der Waals surface area contributed by atoms with Crippen molar-refractivity contribution in [1.82, 2.24) is 5.32 Å². The van der Waals surface area contributed by atoms with Crippen molar-refractivity contribution in [1.29, 1.82) is 0 Å². The Bertz CT molecular complexity index is 677. The van der Waals surface area contributed by atoms with E-state index < -0.39 is 0 Å². The second-order valence-corrected chi connectivity index (χ2v) is 5.52. The maximum Gasteiger partial charge on any atom is 0.223 e. The summed E-state index contributed by atoms with van der Waals surface area (Å²) in [5.41, 5.74) is 0.919. The molecule has 2 aromatic carbocycles. The average Bonchev–Trinajstić information content (AvgIpc) is 2.57. The fourth-order valence-corrected chi connectivity index (χ4v) is 2.33. The molecule has 1 N–H and O–H groups in total. The van der Waals surface area contributed by atoms with E-state index in [0.717, 1.165) is 11.3 Å². The second-order valence-electron chi connectivity index (χ2n) is 4.74. The largest absolute Gasteiger partial charge is 0.496 e. The number of carbonyl (C=O) groups is 1. The summed E-state index contributed by atoms with van der Waals surface area (Å²) in [5, 5.41) is 3.60. The minimum Gasteiger partial charge on any atom is -0.496 e. The molecule has 23 heavy (non-hydrogen) atoms. The molecule has 0 bridgehead atoms. The highest BCUT2D eigenvalue weighted by Crippen LogP contribution is 2.31. The Labute approximate surface area is 145 Å². The van der Waals surface area contributed by atoms with Gasteiger partial charge in [-0.1, -0.05) is 47.5 Å². The van der Waals surface area contributed by atoms with Gasteiger partial charge in [0, 0.05) is 12.1 Å². The van der Waals surface area contributed by atoms with E-state index in [2.05, 4.69) is 5.32 Å². The van der Waals surface area contributed by atoms with Gasteiger partial charge in [-0.3, -0.25) is 4.79 Å². The molecular formula is C17H17Cl2NO3. The van der Waals surface area contributed by atoms with Crippen molar-refractivity contribution < 1.29 is 14.3 Å².